The van der Waals surface area contributed by atoms with E-state index >= 15 is 0 Å². The molecule has 106 valence electrons. The molecule has 1 fully saturated rings. The van der Waals surface area contributed by atoms with E-state index in [1.807, 2.05) is 6.92 Å². The fourth-order valence-corrected chi connectivity index (χ4v) is 2.73. The molecule has 0 atom stereocenters. The van der Waals surface area contributed by atoms with Crippen molar-refractivity contribution in [3.8, 4) is 0 Å². The average Bonchev–Trinajstić information content (AvgIpc) is 2.95. The summed E-state index contributed by atoms with van der Waals surface area (Å²) in [5.41, 5.74) is 1.25. The maximum absolute atomic E-state index is 11.9. The van der Waals surface area contributed by atoms with E-state index < -0.39 is 0 Å². The fourth-order valence-electron chi connectivity index (χ4n) is 2.73. The Balaban J connectivity index is 1.82. The summed E-state index contributed by atoms with van der Waals surface area (Å²) in [6, 6.07) is 0. The first-order chi connectivity index (χ1) is 9.64. The minimum Gasteiger partial charge on any atom is -0.359 e. The number of piperidine rings is 1. The van der Waals surface area contributed by atoms with E-state index in [0.717, 1.165) is 37.3 Å². The molecular formula is C13H18N6O. The zero-order valence-corrected chi connectivity index (χ0v) is 11.7. The lowest BCUT2D eigenvalue weighted by atomic mass is 9.79. The maximum Gasteiger partial charge on any atom is 0.225 e. The van der Waals surface area contributed by atoms with Crippen molar-refractivity contribution in [2.45, 2.75) is 19.8 Å². The van der Waals surface area contributed by atoms with Crippen molar-refractivity contribution < 1.29 is 4.79 Å². The van der Waals surface area contributed by atoms with E-state index in [-0.39, 0.29) is 11.3 Å². The number of hydrogen-bond donors (Lipinski definition) is 2. The van der Waals surface area contributed by atoms with Gasteiger partial charge in [-0.05, 0) is 12.8 Å². The highest BCUT2D eigenvalue weighted by Gasteiger charge is 2.36. The van der Waals surface area contributed by atoms with Gasteiger partial charge in [0.2, 0.25) is 5.91 Å². The first kappa shape index (κ1) is 12.8. The van der Waals surface area contributed by atoms with Crippen molar-refractivity contribution in [2.24, 2.45) is 5.41 Å². The Hall–Kier alpha value is -2.18. The van der Waals surface area contributed by atoms with Crippen LogP contribution >= 0.6 is 0 Å². The van der Waals surface area contributed by atoms with Gasteiger partial charge in [0.15, 0.2) is 11.5 Å². The Labute approximate surface area is 116 Å². The highest BCUT2D eigenvalue weighted by molar-refractivity contribution is 5.84. The van der Waals surface area contributed by atoms with Crippen LogP contribution in [0.4, 0.5) is 5.82 Å². The van der Waals surface area contributed by atoms with Crippen LogP contribution in [0.5, 0.6) is 0 Å². The van der Waals surface area contributed by atoms with Crippen LogP contribution in [-0.4, -0.2) is 46.0 Å². The normalized spacial score (nSPS) is 18.2. The lowest BCUT2D eigenvalue weighted by molar-refractivity contribution is -0.130. The molecule has 0 radical (unpaired) electrons. The van der Waals surface area contributed by atoms with Crippen LogP contribution in [0.2, 0.25) is 0 Å². The Bertz CT molecular complexity index is 629. The maximum atomic E-state index is 11.9. The third-order valence-electron chi connectivity index (χ3n) is 4.14. The molecule has 1 aliphatic heterocycles. The van der Waals surface area contributed by atoms with E-state index in [2.05, 4.69) is 30.2 Å². The molecule has 0 bridgehead atoms. The first-order valence-electron chi connectivity index (χ1n) is 6.75. The predicted molar refractivity (Wildman–Crippen MR) is 75.3 cm³/mol. The second kappa shape index (κ2) is 4.73. The molecule has 0 unspecified atom stereocenters. The standard InChI is InChI=1S/C13H18N6O/c1-13(12(20)14-2)3-5-19(6-4-13)11-9-10(16-7-15-9)17-8-18-11/h7-8H,3-6H2,1-2H3,(H,14,20)(H,15,16,17,18). The van der Waals surface area contributed by atoms with E-state index in [1.54, 1.807) is 13.4 Å². The third kappa shape index (κ3) is 1.99. The predicted octanol–water partition coefficient (Wildman–Crippen LogP) is 0.705. The zero-order valence-electron chi connectivity index (χ0n) is 11.7. The van der Waals surface area contributed by atoms with Crippen molar-refractivity contribution >= 4 is 22.9 Å². The summed E-state index contributed by atoms with van der Waals surface area (Å²) in [6.45, 7) is 3.62. The average molecular weight is 274 g/mol. The van der Waals surface area contributed by atoms with Gasteiger partial charge in [0.25, 0.3) is 0 Å². The van der Waals surface area contributed by atoms with Gasteiger partial charge < -0.3 is 15.2 Å². The van der Waals surface area contributed by atoms with Gasteiger partial charge in [-0.25, -0.2) is 15.0 Å². The van der Waals surface area contributed by atoms with Crippen molar-refractivity contribution in [1.82, 2.24) is 25.3 Å². The summed E-state index contributed by atoms with van der Waals surface area (Å²) >= 11 is 0. The van der Waals surface area contributed by atoms with Gasteiger partial charge in [-0.1, -0.05) is 6.92 Å². The minimum atomic E-state index is -0.286. The highest BCUT2D eigenvalue weighted by Crippen LogP contribution is 2.33. The van der Waals surface area contributed by atoms with Crippen LogP contribution in [0.1, 0.15) is 19.8 Å². The molecule has 7 nitrogen and oxygen atoms in total. The number of imidazole rings is 1. The van der Waals surface area contributed by atoms with Crippen LogP contribution < -0.4 is 10.2 Å². The molecule has 1 aliphatic rings. The van der Waals surface area contributed by atoms with Gasteiger partial charge in [-0.2, -0.15) is 0 Å². The largest absolute Gasteiger partial charge is 0.359 e. The van der Waals surface area contributed by atoms with Crippen LogP contribution in [0.3, 0.4) is 0 Å². The number of nitrogens with zero attached hydrogens (tertiary/aromatic N) is 4. The first-order valence-corrected chi connectivity index (χ1v) is 6.75. The third-order valence-corrected chi connectivity index (χ3v) is 4.14. The highest BCUT2D eigenvalue weighted by atomic mass is 16.2. The van der Waals surface area contributed by atoms with Gasteiger partial charge in [-0.15, -0.1) is 0 Å². The van der Waals surface area contributed by atoms with Gasteiger partial charge in [0.05, 0.1) is 6.33 Å². The number of anilines is 1. The Morgan fingerprint density at radius 3 is 2.80 bits per heavy atom. The summed E-state index contributed by atoms with van der Waals surface area (Å²) in [4.78, 5) is 29.8. The molecule has 2 aromatic rings. The van der Waals surface area contributed by atoms with E-state index in [9.17, 15) is 4.79 Å². The summed E-state index contributed by atoms with van der Waals surface area (Å²) in [5.74, 6) is 0.984. The van der Waals surface area contributed by atoms with Crippen molar-refractivity contribution in [2.75, 3.05) is 25.0 Å². The number of aromatic amines is 1. The van der Waals surface area contributed by atoms with Crippen molar-refractivity contribution in [1.29, 1.82) is 0 Å². The van der Waals surface area contributed by atoms with Crippen molar-refractivity contribution in [3.05, 3.63) is 12.7 Å². The van der Waals surface area contributed by atoms with Gasteiger partial charge >= 0.3 is 0 Å². The fraction of sp³-hybridized carbons (Fsp3) is 0.538. The number of carbonyl (C=O) groups is 1. The molecule has 1 amide bonds. The molecule has 2 N–H and O–H groups in total. The number of hydrogen-bond acceptors (Lipinski definition) is 5. The quantitative estimate of drug-likeness (QED) is 0.842. The second-order valence-corrected chi connectivity index (χ2v) is 5.43. The number of amides is 1. The molecule has 7 heteroatoms. The summed E-state index contributed by atoms with van der Waals surface area (Å²) in [6.07, 6.45) is 4.78. The SMILES string of the molecule is CNC(=O)C1(C)CCN(c2ncnc3nc[nH]c23)CC1. The number of rotatable bonds is 2. The monoisotopic (exact) mass is 274 g/mol. The molecular weight excluding hydrogens is 256 g/mol. The number of carbonyl (C=O) groups excluding carboxylic acids is 1. The molecule has 2 aromatic heterocycles. The van der Waals surface area contributed by atoms with E-state index in [0.29, 0.717) is 5.65 Å². The van der Waals surface area contributed by atoms with Gasteiger partial charge in [0.1, 0.15) is 11.8 Å². The van der Waals surface area contributed by atoms with Crippen LogP contribution in [0.15, 0.2) is 12.7 Å². The molecule has 0 spiro atoms. The van der Waals surface area contributed by atoms with Crippen molar-refractivity contribution in [3.63, 3.8) is 0 Å². The molecule has 3 heterocycles. The number of aromatic nitrogens is 4. The van der Waals surface area contributed by atoms with Crippen LogP contribution in [0, 0.1) is 5.41 Å². The number of fused-ring (bicyclic) bond motifs is 1. The summed E-state index contributed by atoms with van der Waals surface area (Å²) in [7, 11) is 1.69. The Morgan fingerprint density at radius 2 is 2.10 bits per heavy atom. The van der Waals surface area contributed by atoms with E-state index in [4.69, 9.17) is 0 Å². The van der Waals surface area contributed by atoms with Crippen LogP contribution in [-0.2, 0) is 4.79 Å². The molecule has 20 heavy (non-hydrogen) atoms. The smallest absolute Gasteiger partial charge is 0.225 e. The van der Waals surface area contributed by atoms with Crippen LogP contribution in [0.25, 0.3) is 11.2 Å². The molecule has 0 saturated carbocycles. The Kier molecular flexibility index (Phi) is 3.04. The second-order valence-electron chi connectivity index (χ2n) is 5.43. The molecule has 1 saturated heterocycles. The summed E-state index contributed by atoms with van der Waals surface area (Å²) in [5, 5.41) is 2.76. The lowest BCUT2D eigenvalue weighted by Crippen LogP contribution is -2.46. The number of H-pyrrole nitrogens is 1. The van der Waals surface area contributed by atoms with Gasteiger partial charge in [0, 0.05) is 25.6 Å². The molecule has 0 aromatic carbocycles. The molecule has 3 rings (SSSR count). The topological polar surface area (TPSA) is 86.8 Å². The zero-order chi connectivity index (χ0) is 14.2. The number of nitrogens with one attached hydrogen (secondary N) is 2. The molecule has 0 aliphatic carbocycles. The van der Waals surface area contributed by atoms with E-state index in [1.165, 1.54) is 6.33 Å². The lowest BCUT2D eigenvalue weighted by Gasteiger charge is -2.38. The summed E-state index contributed by atoms with van der Waals surface area (Å²) < 4.78 is 0. The minimum absolute atomic E-state index is 0.117. The van der Waals surface area contributed by atoms with Gasteiger partial charge in [-0.3, -0.25) is 4.79 Å². The Morgan fingerprint density at radius 1 is 1.35 bits per heavy atom.